The smallest absolute Gasteiger partial charge is 0.121 e. The van der Waals surface area contributed by atoms with Crippen LogP contribution in [0.1, 0.15) is 37.3 Å². The van der Waals surface area contributed by atoms with Gasteiger partial charge in [0.1, 0.15) is 11.1 Å². The van der Waals surface area contributed by atoms with Gasteiger partial charge in [0.2, 0.25) is 0 Å². The standard InChI is InChI=1S/C12H20N2OS/c1-10(12-14-6-8-16-12)15-7-4-11-3-2-5-13-9-11/h6,8,10-11,13H,2-5,7,9H2,1H3. The van der Waals surface area contributed by atoms with Gasteiger partial charge >= 0.3 is 0 Å². The highest BCUT2D eigenvalue weighted by atomic mass is 32.1. The van der Waals surface area contributed by atoms with Gasteiger partial charge in [-0.15, -0.1) is 11.3 Å². The third kappa shape index (κ3) is 3.54. The van der Waals surface area contributed by atoms with Crippen LogP contribution in [0.3, 0.4) is 0 Å². The first-order chi connectivity index (χ1) is 7.86. The van der Waals surface area contributed by atoms with Crippen molar-refractivity contribution in [2.75, 3.05) is 19.7 Å². The molecule has 1 N–H and O–H groups in total. The number of thiazole rings is 1. The van der Waals surface area contributed by atoms with E-state index in [-0.39, 0.29) is 6.10 Å². The minimum Gasteiger partial charge on any atom is -0.371 e. The molecular weight excluding hydrogens is 220 g/mol. The van der Waals surface area contributed by atoms with Crippen molar-refractivity contribution in [1.29, 1.82) is 0 Å². The van der Waals surface area contributed by atoms with Crippen molar-refractivity contribution in [3.05, 3.63) is 16.6 Å². The number of hydrogen-bond acceptors (Lipinski definition) is 4. The summed E-state index contributed by atoms with van der Waals surface area (Å²) in [7, 11) is 0. The molecular formula is C12H20N2OS. The van der Waals surface area contributed by atoms with Gasteiger partial charge in [0.25, 0.3) is 0 Å². The SMILES string of the molecule is CC(OCCC1CCCNC1)c1nccs1. The normalized spacial score (nSPS) is 23.2. The molecule has 1 saturated heterocycles. The Morgan fingerprint density at radius 1 is 1.69 bits per heavy atom. The average molecular weight is 240 g/mol. The van der Waals surface area contributed by atoms with E-state index in [0.29, 0.717) is 0 Å². The molecule has 90 valence electrons. The minimum atomic E-state index is 0.150. The first-order valence-corrected chi connectivity index (χ1v) is 6.96. The summed E-state index contributed by atoms with van der Waals surface area (Å²) in [4.78, 5) is 4.26. The zero-order valence-corrected chi connectivity index (χ0v) is 10.6. The number of piperidine rings is 1. The topological polar surface area (TPSA) is 34.1 Å². The number of hydrogen-bond donors (Lipinski definition) is 1. The van der Waals surface area contributed by atoms with E-state index >= 15 is 0 Å². The van der Waals surface area contributed by atoms with Crippen LogP contribution in [0.5, 0.6) is 0 Å². The Hall–Kier alpha value is -0.450. The van der Waals surface area contributed by atoms with E-state index in [4.69, 9.17) is 4.74 Å². The summed E-state index contributed by atoms with van der Waals surface area (Å²) >= 11 is 1.67. The first-order valence-electron chi connectivity index (χ1n) is 6.08. The maximum absolute atomic E-state index is 5.81. The predicted molar refractivity (Wildman–Crippen MR) is 66.7 cm³/mol. The fourth-order valence-corrected chi connectivity index (χ4v) is 2.73. The van der Waals surface area contributed by atoms with Gasteiger partial charge in [0.05, 0.1) is 0 Å². The average Bonchev–Trinajstić information content (AvgIpc) is 2.84. The number of nitrogens with one attached hydrogen (secondary N) is 1. The third-order valence-electron chi connectivity index (χ3n) is 3.09. The van der Waals surface area contributed by atoms with Gasteiger partial charge in [-0.05, 0) is 45.2 Å². The number of ether oxygens (including phenoxy) is 1. The van der Waals surface area contributed by atoms with Crippen molar-refractivity contribution in [2.45, 2.75) is 32.3 Å². The quantitative estimate of drug-likeness (QED) is 0.859. The highest BCUT2D eigenvalue weighted by molar-refractivity contribution is 7.09. The second-order valence-electron chi connectivity index (χ2n) is 4.38. The van der Waals surface area contributed by atoms with Crippen molar-refractivity contribution in [2.24, 2.45) is 5.92 Å². The summed E-state index contributed by atoms with van der Waals surface area (Å²) in [6.45, 7) is 5.28. The molecule has 3 nitrogen and oxygen atoms in total. The lowest BCUT2D eigenvalue weighted by molar-refractivity contribution is 0.0537. The van der Waals surface area contributed by atoms with Crippen LogP contribution < -0.4 is 5.32 Å². The maximum atomic E-state index is 5.81. The molecule has 2 unspecified atom stereocenters. The molecule has 1 aromatic heterocycles. The van der Waals surface area contributed by atoms with Gasteiger partial charge in [0.15, 0.2) is 0 Å². The maximum Gasteiger partial charge on any atom is 0.121 e. The fourth-order valence-electron chi connectivity index (χ4n) is 2.09. The van der Waals surface area contributed by atoms with E-state index in [9.17, 15) is 0 Å². The molecule has 0 aromatic carbocycles. The van der Waals surface area contributed by atoms with E-state index in [0.717, 1.165) is 24.1 Å². The zero-order chi connectivity index (χ0) is 11.2. The molecule has 0 spiro atoms. The minimum absolute atomic E-state index is 0.150. The monoisotopic (exact) mass is 240 g/mol. The number of rotatable bonds is 5. The summed E-state index contributed by atoms with van der Waals surface area (Å²) in [6, 6.07) is 0. The lowest BCUT2D eigenvalue weighted by Gasteiger charge is -2.23. The Labute approximate surface area is 101 Å². The molecule has 1 aromatic rings. The van der Waals surface area contributed by atoms with Crippen molar-refractivity contribution >= 4 is 11.3 Å². The molecule has 4 heteroatoms. The van der Waals surface area contributed by atoms with Crippen LogP contribution in [-0.2, 0) is 4.74 Å². The molecule has 1 aliphatic rings. The van der Waals surface area contributed by atoms with Gasteiger partial charge < -0.3 is 10.1 Å². The summed E-state index contributed by atoms with van der Waals surface area (Å²) in [5, 5.41) is 6.52. The third-order valence-corrected chi connectivity index (χ3v) is 4.03. The molecule has 0 amide bonds. The van der Waals surface area contributed by atoms with Crippen molar-refractivity contribution < 1.29 is 4.74 Å². The Morgan fingerprint density at radius 2 is 2.62 bits per heavy atom. The first kappa shape index (κ1) is 12.0. The molecule has 0 bridgehead atoms. The Bertz CT molecular complexity index is 283. The van der Waals surface area contributed by atoms with Crippen LogP contribution in [0.4, 0.5) is 0 Å². The highest BCUT2D eigenvalue weighted by Crippen LogP contribution is 2.20. The van der Waals surface area contributed by atoms with E-state index in [1.165, 1.54) is 25.8 Å². The highest BCUT2D eigenvalue weighted by Gasteiger charge is 2.14. The van der Waals surface area contributed by atoms with Crippen LogP contribution in [0, 0.1) is 5.92 Å². The van der Waals surface area contributed by atoms with E-state index in [2.05, 4.69) is 17.2 Å². The molecule has 0 saturated carbocycles. The largest absolute Gasteiger partial charge is 0.371 e. The molecule has 0 aliphatic carbocycles. The van der Waals surface area contributed by atoms with Crippen LogP contribution in [0.25, 0.3) is 0 Å². The van der Waals surface area contributed by atoms with Gasteiger partial charge in [0, 0.05) is 18.2 Å². The van der Waals surface area contributed by atoms with Crippen molar-refractivity contribution in [3.8, 4) is 0 Å². The Kier molecular flexibility index (Phi) is 4.75. The van der Waals surface area contributed by atoms with Crippen LogP contribution in [0.2, 0.25) is 0 Å². The summed E-state index contributed by atoms with van der Waals surface area (Å²) in [5.74, 6) is 0.803. The molecule has 1 fully saturated rings. The second kappa shape index (κ2) is 6.33. The molecule has 2 atom stereocenters. The number of nitrogens with zero attached hydrogens (tertiary/aromatic N) is 1. The van der Waals surface area contributed by atoms with E-state index < -0.39 is 0 Å². The second-order valence-corrected chi connectivity index (χ2v) is 5.31. The van der Waals surface area contributed by atoms with Crippen molar-refractivity contribution in [1.82, 2.24) is 10.3 Å². The Balaban J connectivity index is 1.63. The van der Waals surface area contributed by atoms with Gasteiger partial charge in [-0.2, -0.15) is 0 Å². The molecule has 2 heterocycles. The van der Waals surface area contributed by atoms with Crippen molar-refractivity contribution in [3.63, 3.8) is 0 Å². The van der Waals surface area contributed by atoms with Crippen LogP contribution >= 0.6 is 11.3 Å². The van der Waals surface area contributed by atoms with Crippen LogP contribution in [0.15, 0.2) is 11.6 Å². The van der Waals surface area contributed by atoms with Crippen LogP contribution in [-0.4, -0.2) is 24.7 Å². The fraction of sp³-hybridized carbons (Fsp3) is 0.750. The van der Waals surface area contributed by atoms with E-state index in [1.54, 1.807) is 11.3 Å². The summed E-state index contributed by atoms with van der Waals surface area (Å²) < 4.78 is 5.81. The van der Waals surface area contributed by atoms with Gasteiger partial charge in [-0.1, -0.05) is 0 Å². The zero-order valence-electron chi connectivity index (χ0n) is 9.82. The molecule has 2 rings (SSSR count). The molecule has 0 radical (unpaired) electrons. The van der Waals surface area contributed by atoms with Gasteiger partial charge in [-0.3, -0.25) is 0 Å². The molecule has 1 aliphatic heterocycles. The molecule has 16 heavy (non-hydrogen) atoms. The Morgan fingerprint density at radius 3 is 3.31 bits per heavy atom. The lowest BCUT2D eigenvalue weighted by atomic mass is 9.97. The van der Waals surface area contributed by atoms with E-state index in [1.807, 2.05) is 11.6 Å². The summed E-state index contributed by atoms with van der Waals surface area (Å²) in [6.07, 6.45) is 5.82. The number of aromatic nitrogens is 1. The lowest BCUT2D eigenvalue weighted by Crippen LogP contribution is -2.30. The summed E-state index contributed by atoms with van der Waals surface area (Å²) in [5.41, 5.74) is 0. The van der Waals surface area contributed by atoms with Gasteiger partial charge in [-0.25, -0.2) is 4.98 Å². The predicted octanol–water partition coefficient (Wildman–Crippen LogP) is 2.61.